The molecular weight excluding hydrogens is 278 g/mol. The van der Waals surface area contributed by atoms with E-state index in [2.05, 4.69) is 10.1 Å². The lowest BCUT2D eigenvalue weighted by Gasteiger charge is -2.03. The van der Waals surface area contributed by atoms with Crippen LogP contribution in [0.2, 0.25) is 5.15 Å². The highest BCUT2D eigenvalue weighted by molar-refractivity contribution is 6.29. The van der Waals surface area contributed by atoms with Crippen molar-refractivity contribution in [3.8, 4) is 11.4 Å². The van der Waals surface area contributed by atoms with E-state index in [0.717, 1.165) is 5.56 Å². The van der Waals surface area contributed by atoms with Crippen LogP contribution in [0.3, 0.4) is 0 Å². The Kier molecular flexibility index (Phi) is 3.35. The van der Waals surface area contributed by atoms with Gasteiger partial charge < -0.3 is 4.52 Å². The van der Waals surface area contributed by atoms with E-state index in [-0.39, 0.29) is 12.1 Å². The summed E-state index contributed by atoms with van der Waals surface area (Å²) >= 11 is 5.98. The van der Waals surface area contributed by atoms with Gasteiger partial charge in [-0.2, -0.15) is 4.98 Å². The molecule has 3 rings (SSSR count). The molecule has 0 unspecified atom stereocenters. The van der Waals surface area contributed by atoms with Gasteiger partial charge in [-0.15, -0.1) is 0 Å². The molecule has 2 aromatic heterocycles. The summed E-state index contributed by atoms with van der Waals surface area (Å²) in [5.41, 5.74) is 0.644. The second-order valence-electron chi connectivity index (χ2n) is 4.15. The molecule has 0 aliphatic rings. The average molecular weight is 288 g/mol. The Hall–Kier alpha value is -2.40. The first kappa shape index (κ1) is 12.6. The van der Waals surface area contributed by atoms with E-state index in [1.165, 1.54) is 10.6 Å². The van der Waals surface area contributed by atoms with Crippen LogP contribution in [0.4, 0.5) is 0 Å². The molecule has 6 heteroatoms. The molecule has 20 heavy (non-hydrogen) atoms. The van der Waals surface area contributed by atoms with Gasteiger partial charge in [0, 0.05) is 11.6 Å². The molecule has 0 radical (unpaired) electrons. The first-order chi connectivity index (χ1) is 9.74. The molecule has 0 N–H and O–H groups in total. The van der Waals surface area contributed by atoms with Gasteiger partial charge in [0.25, 0.3) is 5.56 Å². The highest BCUT2D eigenvalue weighted by Gasteiger charge is 2.10. The van der Waals surface area contributed by atoms with Crippen LogP contribution in [0, 0.1) is 0 Å². The van der Waals surface area contributed by atoms with Crippen molar-refractivity contribution in [2.45, 2.75) is 6.54 Å². The zero-order valence-electron chi connectivity index (χ0n) is 10.4. The molecule has 0 atom stereocenters. The lowest BCUT2D eigenvalue weighted by Crippen LogP contribution is -2.19. The Labute approximate surface area is 119 Å². The van der Waals surface area contributed by atoms with E-state index in [4.69, 9.17) is 16.1 Å². The van der Waals surface area contributed by atoms with E-state index < -0.39 is 0 Å². The summed E-state index contributed by atoms with van der Waals surface area (Å²) in [4.78, 5) is 16.0. The highest BCUT2D eigenvalue weighted by atomic mass is 35.5. The zero-order valence-corrected chi connectivity index (χ0v) is 11.1. The molecule has 0 saturated heterocycles. The molecule has 0 bridgehead atoms. The maximum absolute atomic E-state index is 11.7. The van der Waals surface area contributed by atoms with Gasteiger partial charge in [0.1, 0.15) is 11.7 Å². The summed E-state index contributed by atoms with van der Waals surface area (Å²) in [5, 5.41) is 4.23. The fourth-order valence-electron chi connectivity index (χ4n) is 1.81. The van der Waals surface area contributed by atoms with Crippen molar-refractivity contribution in [1.29, 1.82) is 0 Å². The second kappa shape index (κ2) is 5.30. The lowest BCUT2D eigenvalue weighted by molar-refractivity contribution is 0.370. The summed E-state index contributed by atoms with van der Waals surface area (Å²) in [6.07, 6.45) is 0. The third-order valence-corrected chi connectivity index (χ3v) is 3.12. The normalized spacial score (nSPS) is 10.7. The van der Waals surface area contributed by atoms with Gasteiger partial charge in [-0.3, -0.25) is 9.36 Å². The third kappa shape index (κ3) is 2.48. The van der Waals surface area contributed by atoms with Crippen LogP contribution >= 0.6 is 11.6 Å². The van der Waals surface area contributed by atoms with Crippen LogP contribution < -0.4 is 5.56 Å². The molecule has 0 spiro atoms. The number of hydrogen-bond donors (Lipinski definition) is 0. The minimum atomic E-state index is -0.211. The molecule has 5 nitrogen and oxygen atoms in total. The number of hydrogen-bond acceptors (Lipinski definition) is 4. The van der Waals surface area contributed by atoms with Gasteiger partial charge in [-0.05, 0) is 6.07 Å². The smallest absolute Gasteiger partial charge is 0.252 e. The molecule has 1 aromatic carbocycles. The Morgan fingerprint density at radius 3 is 2.65 bits per heavy atom. The van der Waals surface area contributed by atoms with E-state index in [9.17, 15) is 4.79 Å². The summed E-state index contributed by atoms with van der Waals surface area (Å²) in [7, 11) is 0. The number of pyridine rings is 1. The number of benzene rings is 1. The van der Waals surface area contributed by atoms with Gasteiger partial charge in [0.2, 0.25) is 11.7 Å². The van der Waals surface area contributed by atoms with Crippen molar-refractivity contribution in [2.75, 3.05) is 0 Å². The van der Waals surface area contributed by atoms with Gasteiger partial charge >= 0.3 is 0 Å². The Bertz CT molecular complexity index is 780. The summed E-state index contributed by atoms with van der Waals surface area (Å²) in [6.45, 7) is 0.151. The SMILES string of the molecule is O=c1cccc(Cl)n1Cc1nc(-c2ccccc2)no1. The van der Waals surface area contributed by atoms with Gasteiger partial charge in [0.15, 0.2) is 0 Å². The highest BCUT2D eigenvalue weighted by Crippen LogP contribution is 2.15. The van der Waals surface area contributed by atoms with Gasteiger partial charge in [-0.1, -0.05) is 53.2 Å². The quantitative estimate of drug-likeness (QED) is 0.695. The molecule has 0 aliphatic carbocycles. The van der Waals surface area contributed by atoms with Crippen molar-refractivity contribution < 1.29 is 4.52 Å². The maximum Gasteiger partial charge on any atom is 0.252 e. The van der Waals surface area contributed by atoms with Crippen LogP contribution in [0.1, 0.15) is 5.89 Å². The predicted octanol–water partition coefficient (Wildman–Crippen LogP) is 2.60. The molecule has 100 valence electrons. The Balaban J connectivity index is 1.90. The maximum atomic E-state index is 11.7. The molecule has 3 aromatic rings. The molecule has 2 heterocycles. The number of rotatable bonds is 3. The van der Waals surface area contributed by atoms with Crippen molar-refractivity contribution >= 4 is 11.6 Å². The van der Waals surface area contributed by atoms with E-state index >= 15 is 0 Å². The fraction of sp³-hybridized carbons (Fsp3) is 0.0714. The Morgan fingerprint density at radius 1 is 1.10 bits per heavy atom. The van der Waals surface area contributed by atoms with Crippen LogP contribution in [0.5, 0.6) is 0 Å². The topological polar surface area (TPSA) is 60.9 Å². The third-order valence-electron chi connectivity index (χ3n) is 2.79. The summed E-state index contributed by atoms with van der Waals surface area (Å²) < 4.78 is 6.52. The lowest BCUT2D eigenvalue weighted by atomic mass is 10.2. The van der Waals surface area contributed by atoms with Crippen molar-refractivity contribution in [2.24, 2.45) is 0 Å². The number of halogens is 1. The second-order valence-corrected chi connectivity index (χ2v) is 4.54. The number of aromatic nitrogens is 3. The van der Waals surface area contributed by atoms with E-state index in [1.807, 2.05) is 30.3 Å². The Morgan fingerprint density at radius 2 is 1.90 bits per heavy atom. The standard InChI is InChI=1S/C14H10ClN3O2/c15-11-7-4-8-13(19)18(11)9-12-16-14(17-20-12)10-5-2-1-3-6-10/h1-8H,9H2. The minimum Gasteiger partial charge on any atom is -0.337 e. The predicted molar refractivity (Wildman–Crippen MR) is 74.5 cm³/mol. The molecule has 0 amide bonds. The fourth-order valence-corrected chi connectivity index (χ4v) is 2.02. The molecule has 0 aliphatic heterocycles. The van der Waals surface area contributed by atoms with Gasteiger partial charge in [0.05, 0.1) is 0 Å². The minimum absolute atomic E-state index is 0.151. The average Bonchev–Trinajstić information content (AvgIpc) is 2.93. The van der Waals surface area contributed by atoms with Crippen molar-refractivity contribution in [1.82, 2.24) is 14.7 Å². The summed E-state index contributed by atoms with van der Waals surface area (Å²) in [5.74, 6) is 0.819. The van der Waals surface area contributed by atoms with Crippen LogP contribution in [-0.2, 0) is 6.54 Å². The first-order valence-electron chi connectivity index (χ1n) is 5.97. The molecule has 0 fully saturated rings. The van der Waals surface area contributed by atoms with Crippen molar-refractivity contribution in [3.63, 3.8) is 0 Å². The van der Waals surface area contributed by atoms with E-state index in [1.54, 1.807) is 12.1 Å². The van der Waals surface area contributed by atoms with Crippen LogP contribution in [0.15, 0.2) is 57.8 Å². The molecule has 0 saturated carbocycles. The van der Waals surface area contributed by atoms with Gasteiger partial charge in [-0.25, -0.2) is 0 Å². The first-order valence-corrected chi connectivity index (χ1v) is 6.35. The molecular formula is C14H10ClN3O2. The number of nitrogens with zero attached hydrogens (tertiary/aromatic N) is 3. The zero-order chi connectivity index (χ0) is 13.9. The summed E-state index contributed by atoms with van der Waals surface area (Å²) in [6, 6.07) is 14.1. The van der Waals surface area contributed by atoms with Crippen molar-refractivity contribution in [3.05, 3.63) is 69.9 Å². The monoisotopic (exact) mass is 287 g/mol. The largest absolute Gasteiger partial charge is 0.337 e. The van der Waals surface area contributed by atoms with Crippen LogP contribution in [0.25, 0.3) is 11.4 Å². The van der Waals surface area contributed by atoms with Crippen LogP contribution in [-0.4, -0.2) is 14.7 Å². The van der Waals surface area contributed by atoms with E-state index in [0.29, 0.717) is 16.9 Å².